The third-order valence-electron chi connectivity index (χ3n) is 9.84. The molecule has 2 aromatic carbocycles. The fourth-order valence-electron chi connectivity index (χ4n) is 7.13. The molecule has 4 saturated heterocycles. The minimum atomic E-state index is -0.933. The van der Waals surface area contributed by atoms with Crippen molar-refractivity contribution >= 4 is 17.8 Å². The third-order valence-corrected chi connectivity index (χ3v) is 9.84. The van der Waals surface area contributed by atoms with Gasteiger partial charge in [0.05, 0.1) is 37.5 Å². The molecular weight excluding hydrogens is 692 g/mol. The quantitative estimate of drug-likeness (QED) is 0.254. The molecule has 13 heteroatoms. The molecule has 6 N–H and O–H groups in total. The van der Waals surface area contributed by atoms with E-state index in [1.807, 2.05) is 81.4 Å². The van der Waals surface area contributed by atoms with Crippen molar-refractivity contribution in [3.05, 3.63) is 71.8 Å². The van der Waals surface area contributed by atoms with Crippen molar-refractivity contribution in [2.24, 2.45) is 5.73 Å². The maximum absolute atomic E-state index is 12.8. The Morgan fingerprint density at radius 3 is 2.07 bits per heavy atom. The highest BCUT2D eigenvalue weighted by Gasteiger charge is 2.49. The van der Waals surface area contributed by atoms with E-state index in [1.165, 1.54) is 19.8 Å². The highest BCUT2D eigenvalue weighted by atomic mass is 16.7. The summed E-state index contributed by atoms with van der Waals surface area (Å²) in [6.45, 7) is 10.9. The first-order valence-electron chi connectivity index (χ1n) is 19.3. The average molecular weight is 755 g/mol. The summed E-state index contributed by atoms with van der Waals surface area (Å²) in [4.78, 5) is 37.3. The number of nitrogens with one attached hydrogen (secondary N) is 2. The number of nitrogens with two attached hydrogens (primary N) is 1. The normalized spacial score (nSPS) is 23.2. The van der Waals surface area contributed by atoms with Gasteiger partial charge in [-0.25, -0.2) is 4.79 Å². The lowest BCUT2D eigenvalue weighted by Gasteiger charge is -2.46. The second kappa shape index (κ2) is 21.0. The van der Waals surface area contributed by atoms with Crippen molar-refractivity contribution in [3.63, 3.8) is 0 Å². The minimum absolute atomic E-state index is 0.152. The Kier molecular flexibility index (Phi) is 16.9. The Morgan fingerprint density at radius 1 is 0.963 bits per heavy atom. The van der Waals surface area contributed by atoms with Crippen molar-refractivity contribution in [2.45, 2.75) is 127 Å². The van der Waals surface area contributed by atoms with Gasteiger partial charge in [0.2, 0.25) is 5.91 Å². The monoisotopic (exact) mass is 754 g/mol. The summed E-state index contributed by atoms with van der Waals surface area (Å²) >= 11 is 0. The molecule has 4 aliphatic heterocycles. The summed E-state index contributed by atoms with van der Waals surface area (Å²) in [5, 5.41) is 27.6. The zero-order chi connectivity index (χ0) is 39.1. The molecule has 4 aliphatic rings. The van der Waals surface area contributed by atoms with Gasteiger partial charge in [0.15, 0.2) is 5.79 Å². The Hall–Kier alpha value is -3.43. The predicted molar refractivity (Wildman–Crippen MR) is 205 cm³/mol. The molecule has 0 radical (unpaired) electrons. The van der Waals surface area contributed by atoms with E-state index >= 15 is 0 Å². The Bertz CT molecular complexity index is 1420. The molecule has 2 amide bonds. The third kappa shape index (κ3) is 14.0. The van der Waals surface area contributed by atoms with Crippen molar-refractivity contribution in [3.8, 4) is 0 Å². The SMILES string of the molecule is C1CCOC1.CC(=O)NC(Cc1ccccc1)C(O)C1CC(=O)CCN1.CC(C)(C)OC(=O)N1CCC2(CC1C(O)C(N)Cc1ccccc1)OCCO2. The first-order valence-corrected chi connectivity index (χ1v) is 19.3. The van der Waals surface area contributed by atoms with Crippen LogP contribution in [-0.2, 0) is 41.4 Å². The first kappa shape index (κ1) is 43.3. The number of ketones is 1. The van der Waals surface area contributed by atoms with E-state index in [2.05, 4.69) is 10.6 Å². The molecule has 0 saturated carbocycles. The van der Waals surface area contributed by atoms with E-state index in [0.29, 0.717) is 64.8 Å². The first-order chi connectivity index (χ1) is 25.7. The molecule has 6 unspecified atom stereocenters. The van der Waals surface area contributed by atoms with Crippen LogP contribution in [0.2, 0.25) is 0 Å². The van der Waals surface area contributed by atoms with Crippen molar-refractivity contribution in [1.82, 2.24) is 15.5 Å². The number of carbonyl (C=O) groups excluding carboxylic acids is 3. The van der Waals surface area contributed by atoms with Gasteiger partial charge in [-0.15, -0.1) is 0 Å². The van der Waals surface area contributed by atoms with Crippen LogP contribution in [0.3, 0.4) is 0 Å². The number of likely N-dealkylation sites (tertiary alicyclic amines) is 1. The van der Waals surface area contributed by atoms with E-state index in [1.54, 1.807) is 4.90 Å². The molecule has 6 rings (SSSR count). The lowest BCUT2D eigenvalue weighted by Crippen LogP contribution is -2.61. The number of carbonyl (C=O) groups is 3. The van der Waals surface area contributed by atoms with E-state index < -0.39 is 47.8 Å². The molecule has 2 aromatic rings. The number of piperidine rings is 2. The predicted octanol–water partition coefficient (Wildman–Crippen LogP) is 3.27. The van der Waals surface area contributed by atoms with Crippen LogP contribution in [0.1, 0.15) is 77.3 Å². The fourth-order valence-corrected chi connectivity index (χ4v) is 7.13. The standard InChI is InChI=1S/C21H32N2O5.C16H22N2O3.C4H8O/c1-20(2,3)28-19(25)23-10-9-21(26-11-12-27-21)14-17(23)18(24)16(22)13-15-7-5-4-6-8-15;1-11(19)18-15(9-12-5-3-2-4-6-12)16(21)14-10-13(20)7-8-17-14;1-2-4-5-3-1/h4-8,16-18,24H,9-14,22H2,1-3H3;2-6,14-17,21H,7-10H2,1H3,(H,18,19);1-4H2. The fraction of sp³-hybridized carbons (Fsp3) is 0.634. The summed E-state index contributed by atoms with van der Waals surface area (Å²) in [6.07, 6.45) is 3.16. The van der Waals surface area contributed by atoms with Crippen LogP contribution in [0, 0.1) is 0 Å². The van der Waals surface area contributed by atoms with Crippen LogP contribution in [0.5, 0.6) is 0 Å². The van der Waals surface area contributed by atoms with Gasteiger partial charge in [0.1, 0.15) is 11.4 Å². The summed E-state index contributed by atoms with van der Waals surface area (Å²) in [6, 6.07) is 17.7. The van der Waals surface area contributed by atoms with E-state index in [-0.39, 0.29) is 17.7 Å². The zero-order valence-corrected chi connectivity index (χ0v) is 32.4. The summed E-state index contributed by atoms with van der Waals surface area (Å²) < 4.78 is 22.2. The minimum Gasteiger partial charge on any atom is -0.444 e. The molecule has 6 atom stereocenters. The van der Waals surface area contributed by atoms with Gasteiger partial charge in [0, 0.05) is 71.0 Å². The van der Waals surface area contributed by atoms with Crippen LogP contribution in [-0.4, -0.2) is 120 Å². The van der Waals surface area contributed by atoms with Gasteiger partial charge >= 0.3 is 6.09 Å². The number of ether oxygens (including phenoxy) is 4. The van der Waals surface area contributed by atoms with Gasteiger partial charge < -0.3 is 50.4 Å². The number of amides is 2. The van der Waals surface area contributed by atoms with Crippen molar-refractivity contribution in [2.75, 3.05) is 39.5 Å². The highest BCUT2D eigenvalue weighted by Crippen LogP contribution is 2.37. The molecule has 0 aliphatic carbocycles. The second-order valence-corrected chi connectivity index (χ2v) is 15.5. The molecule has 4 fully saturated rings. The second-order valence-electron chi connectivity index (χ2n) is 15.5. The van der Waals surface area contributed by atoms with Crippen LogP contribution in [0.15, 0.2) is 60.7 Å². The molecular formula is C41H62N4O9. The summed E-state index contributed by atoms with van der Waals surface area (Å²) in [7, 11) is 0. The van der Waals surface area contributed by atoms with Crippen molar-refractivity contribution in [1.29, 1.82) is 0 Å². The van der Waals surface area contributed by atoms with Gasteiger partial charge in [-0.1, -0.05) is 60.7 Å². The van der Waals surface area contributed by atoms with Gasteiger partial charge in [-0.05, 0) is 57.6 Å². The smallest absolute Gasteiger partial charge is 0.410 e. The van der Waals surface area contributed by atoms with Gasteiger partial charge in [-0.2, -0.15) is 0 Å². The van der Waals surface area contributed by atoms with Gasteiger partial charge in [-0.3, -0.25) is 9.59 Å². The number of nitrogens with zero attached hydrogens (tertiary/aromatic N) is 1. The molecule has 300 valence electrons. The summed E-state index contributed by atoms with van der Waals surface area (Å²) in [5.74, 6) is -0.785. The number of hydrogen-bond donors (Lipinski definition) is 5. The number of benzene rings is 2. The largest absolute Gasteiger partial charge is 0.444 e. The van der Waals surface area contributed by atoms with Crippen LogP contribution < -0.4 is 16.4 Å². The molecule has 1 spiro atoms. The molecule has 54 heavy (non-hydrogen) atoms. The lowest BCUT2D eigenvalue weighted by molar-refractivity contribution is -0.203. The van der Waals surface area contributed by atoms with Crippen LogP contribution >= 0.6 is 0 Å². The molecule has 13 nitrogen and oxygen atoms in total. The molecule has 4 heterocycles. The van der Waals surface area contributed by atoms with Crippen LogP contribution in [0.25, 0.3) is 0 Å². The molecule has 0 bridgehead atoms. The molecule has 0 aromatic heterocycles. The number of aliphatic hydroxyl groups excluding tert-OH is 2. The van der Waals surface area contributed by atoms with E-state index in [9.17, 15) is 24.6 Å². The Morgan fingerprint density at radius 2 is 1.56 bits per heavy atom. The van der Waals surface area contributed by atoms with E-state index in [0.717, 1.165) is 24.3 Å². The maximum Gasteiger partial charge on any atom is 0.410 e. The maximum atomic E-state index is 12.8. The topological polar surface area (TPSA) is 182 Å². The summed E-state index contributed by atoms with van der Waals surface area (Å²) in [5.41, 5.74) is 7.81. The number of Topliss-reactive ketones (excluding diaryl/α,β-unsaturated/α-hetero) is 1. The average Bonchev–Trinajstić information content (AvgIpc) is 3.87. The number of aliphatic hydroxyl groups is 2. The number of hydrogen-bond acceptors (Lipinski definition) is 11. The highest BCUT2D eigenvalue weighted by molar-refractivity contribution is 5.80. The van der Waals surface area contributed by atoms with Gasteiger partial charge in [0.25, 0.3) is 0 Å². The lowest BCUT2D eigenvalue weighted by atomic mass is 9.87. The Labute approximate surface area is 320 Å². The van der Waals surface area contributed by atoms with E-state index in [4.69, 9.17) is 24.7 Å². The Balaban J connectivity index is 0.000000219. The van der Waals surface area contributed by atoms with Crippen LogP contribution in [0.4, 0.5) is 4.79 Å². The zero-order valence-electron chi connectivity index (χ0n) is 32.4. The van der Waals surface area contributed by atoms with Crippen molar-refractivity contribution < 1.29 is 43.5 Å². The number of rotatable bonds is 9.